The quantitative estimate of drug-likeness (QED) is 0.706. The van der Waals surface area contributed by atoms with Gasteiger partial charge in [0.2, 0.25) is 10.0 Å². The van der Waals surface area contributed by atoms with Crippen LogP contribution in [-0.2, 0) is 10.0 Å². The third kappa shape index (κ3) is 4.69. The number of para-hydroxylation sites is 1. The molecule has 0 N–H and O–H groups in total. The molecule has 1 aliphatic rings. The summed E-state index contributed by atoms with van der Waals surface area (Å²) >= 11 is 1.17. The van der Waals surface area contributed by atoms with Crippen LogP contribution < -0.4 is 4.74 Å². The second-order valence-electron chi connectivity index (χ2n) is 6.47. The maximum atomic E-state index is 12.9. The highest BCUT2D eigenvalue weighted by molar-refractivity contribution is 7.89. The van der Waals surface area contributed by atoms with Gasteiger partial charge in [0, 0.05) is 20.1 Å². The molecule has 1 aromatic carbocycles. The van der Waals surface area contributed by atoms with Crippen LogP contribution in [0, 0.1) is 0 Å². The first kappa shape index (κ1) is 19.9. The van der Waals surface area contributed by atoms with Crippen LogP contribution in [0.2, 0.25) is 0 Å². The summed E-state index contributed by atoms with van der Waals surface area (Å²) in [7, 11) is -1.97. The van der Waals surface area contributed by atoms with Crippen molar-refractivity contribution in [1.82, 2.24) is 9.21 Å². The van der Waals surface area contributed by atoms with Gasteiger partial charge in [-0.15, -0.1) is 11.3 Å². The van der Waals surface area contributed by atoms with Gasteiger partial charge in [-0.1, -0.05) is 24.6 Å². The van der Waals surface area contributed by atoms with E-state index in [1.165, 1.54) is 26.6 Å². The van der Waals surface area contributed by atoms with Crippen molar-refractivity contribution in [2.24, 2.45) is 0 Å². The predicted octanol–water partition coefficient (Wildman–Crippen LogP) is 3.07. The number of thiophene rings is 1. The van der Waals surface area contributed by atoms with Crippen LogP contribution in [0.1, 0.15) is 28.9 Å². The molecule has 1 aromatic heterocycles. The summed E-state index contributed by atoms with van der Waals surface area (Å²) in [6.45, 7) is 1.75. The second-order valence-corrected chi connectivity index (χ2v) is 9.29. The average molecular weight is 409 g/mol. The van der Waals surface area contributed by atoms with Gasteiger partial charge in [0.25, 0.3) is 5.91 Å². The fourth-order valence-corrected chi connectivity index (χ4v) is 5.90. The van der Waals surface area contributed by atoms with E-state index >= 15 is 0 Å². The maximum absolute atomic E-state index is 12.9. The lowest BCUT2D eigenvalue weighted by Gasteiger charge is -2.26. The number of rotatable bonds is 7. The Kier molecular flexibility index (Phi) is 6.51. The van der Waals surface area contributed by atoms with E-state index in [0.29, 0.717) is 26.2 Å². The highest BCUT2D eigenvalue weighted by atomic mass is 32.2. The minimum Gasteiger partial charge on any atom is -0.492 e. The smallest absolute Gasteiger partial charge is 0.265 e. The Morgan fingerprint density at radius 3 is 2.56 bits per heavy atom. The molecule has 1 aliphatic heterocycles. The highest BCUT2D eigenvalue weighted by Crippen LogP contribution is 2.28. The second kappa shape index (κ2) is 8.86. The summed E-state index contributed by atoms with van der Waals surface area (Å²) in [6.07, 6.45) is 2.78. The van der Waals surface area contributed by atoms with Crippen LogP contribution in [0.5, 0.6) is 5.75 Å². The van der Waals surface area contributed by atoms with E-state index in [-0.39, 0.29) is 15.7 Å². The zero-order valence-electron chi connectivity index (χ0n) is 15.3. The minimum atomic E-state index is -3.63. The van der Waals surface area contributed by atoms with Gasteiger partial charge < -0.3 is 9.64 Å². The molecule has 146 valence electrons. The fourth-order valence-electron chi connectivity index (χ4n) is 2.99. The van der Waals surface area contributed by atoms with E-state index in [1.807, 2.05) is 30.3 Å². The highest BCUT2D eigenvalue weighted by Gasteiger charge is 2.31. The van der Waals surface area contributed by atoms with Gasteiger partial charge in [-0.25, -0.2) is 8.42 Å². The van der Waals surface area contributed by atoms with Gasteiger partial charge in [0.15, 0.2) is 0 Å². The van der Waals surface area contributed by atoms with Crippen LogP contribution in [0.25, 0.3) is 0 Å². The standard InChI is InChI=1S/C19H24N2O4S2/c1-20(13-14-25-16-8-4-2-5-9-16)19(22)18-17(10-15-26-18)27(23,24)21-11-6-3-7-12-21/h2,4-5,8-10,15H,3,6-7,11-14H2,1H3. The zero-order valence-corrected chi connectivity index (χ0v) is 17.0. The number of carbonyl (C=O) groups is 1. The summed E-state index contributed by atoms with van der Waals surface area (Å²) in [5, 5.41) is 1.67. The third-order valence-corrected chi connectivity index (χ3v) is 7.51. The number of hydrogen-bond acceptors (Lipinski definition) is 5. The molecule has 0 aliphatic carbocycles. The molecular weight excluding hydrogens is 384 g/mol. The van der Waals surface area contributed by atoms with E-state index in [4.69, 9.17) is 4.74 Å². The monoisotopic (exact) mass is 408 g/mol. The molecule has 6 nitrogen and oxygen atoms in total. The lowest BCUT2D eigenvalue weighted by molar-refractivity contribution is 0.0775. The number of nitrogens with zero attached hydrogens (tertiary/aromatic N) is 2. The number of ether oxygens (including phenoxy) is 1. The van der Waals surface area contributed by atoms with Crippen molar-refractivity contribution < 1.29 is 17.9 Å². The molecule has 1 fully saturated rings. The Labute approximate surface area is 164 Å². The first-order valence-corrected chi connectivity index (χ1v) is 11.3. The Morgan fingerprint density at radius 2 is 1.85 bits per heavy atom. The lowest BCUT2D eigenvalue weighted by atomic mass is 10.2. The van der Waals surface area contributed by atoms with Gasteiger partial charge in [0.05, 0.1) is 6.54 Å². The Bertz CT molecular complexity index is 859. The van der Waals surface area contributed by atoms with Gasteiger partial charge >= 0.3 is 0 Å². The predicted molar refractivity (Wildman–Crippen MR) is 106 cm³/mol. The number of carbonyl (C=O) groups excluding carboxylic acids is 1. The van der Waals surface area contributed by atoms with Gasteiger partial charge in [-0.05, 0) is 36.4 Å². The molecule has 2 aromatic rings. The first-order chi connectivity index (χ1) is 13.0. The Morgan fingerprint density at radius 1 is 1.15 bits per heavy atom. The molecule has 0 bridgehead atoms. The van der Waals surface area contributed by atoms with E-state index in [9.17, 15) is 13.2 Å². The number of amides is 1. The topological polar surface area (TPSA) is 66.9 Å². The zero-order chi connectivity index (χ0) is 19.3. The van der Waals surface area contributed by atoms with Crippen LogP contribution >= 0.6 is 11.3 Å². The Hall–Kier alpha value is -1.90. The lowest BCUT2D eigenvalue weighted by Crippen LogP contribution is -2.37. The summed E-state index contributed by atoms with van der Waals surface area (Å²) in [5.74, 6) is 0.445. The van der Waals surface area contributed by atoms with Crippen molar-refractivity contribution in [3.05, 3.63) is 46.7 Å². The molecule has 0 radical (unpaired) electrons. The molecule has 0 spiro atoms. The molecule has 0 unspecified atom stereocenters. The van der Waals surface area contributed by atoms with Crippen molar-refractivity contribution >= 4 is 27.3 Å². The van der Waals surface area contributed by atoms with Crippen LogP contribution in [0.4, 0.5) is 0 Å². The van der Waals surface area contributed by atoms with Gasteiger partial charge in [-0.3, -0.25) is 4.79 Å². The molecule has 2 heterocycles. The van der Waals surface area contributed by atoms with Gasteiger partial charge in [0.1, 0.15) is 22.1 Å². The molecule has 8 heteroatoms. The van der Waals surface area contributed by atoms with Crippen molar-refractivity contribution in [3.63, 3.8) is 0 Å². The van der Waals surface area contributed by atoms with E-state index in [1.54, 1.807) is 12.4 Å². The van der Waals surface area contributed by atoms with E-state index in [2.05, 4.69) is 0 Å². The number of hydrogen-bond donors (Lipinski definition) is 0. The molecule has 27 heavy (non-hydrogen) atoms. The van der Waals surface area contributed by atoms with E-state index in [0.717, 1.165) is 25.0 Å². The van der Waals surface area contributed by atoms with E-state index < -0.39 is 10.0 Å². The van der Waals surface area contributed by atoms with Crippen LogP contribution in [-0.4, -0.2) is 56.8 Å². The van der Waals surface area contributed by atoms with Crippen molar-refractivity contribution in [1.29, 1.82) is 0 Å². The summed E-state index contributed by atoms with van der Waals surface area (Å²) in [4.78, 5) is 14.7. The maximum Gasteiger partial charge on any atom is 0.265 e. The first-order valence-electron chi connectivity index (χ1n) is 9.01. The number of benzene rings is 1. The number of likely N-dealkylation sites (N-methyl/N-ethyl adjacent to an activating group) is 1. The fraction of sp³-hybridized carbons (Fsp3) is 0.421. The SMILES string of the molecule is CN(CCOc1ccccc1)C(=O)c1sccc1S(=O)(=O)N1CCCCC1. The number of sulfonamides is 1. The molecule has 0 atom stereocenters. The Balaban J connectivity index is 1.66. The molecule has 3 rings (SSSR count). The molecule has 1 amide bonds. The summed E-state index contributed by atoms with van der Waals surface area (Å²) in [6, 6.07) is 10.9. The summed E-state index contributed by atoms with van der Waals surface area (Å²) < 4.78 is 33.0. The van der Waals surface area contributed by atoms with Crippen molar-refractivity contribution in [2.75, 3.05) is 33.3 Å². The molecular formula is C19H24N2O4S2. The normalized spacial score (nSPS) is 15.4. The summed E-state index contributed by atoms with van der Waals surface area (Å²) in [5.41, 5.74) is 0. The van der Waals surface area contributed by atoms with Crippen molar-refractivity contribution in [3.8, 4) is 5.75 Å². The molecule has 0 saturated carbocycles. The van der Waals surface area contributed by atoms with Crippen molar-refractivity contribution in [2.45, 2.75) is 24.2 Å². The van der Waals surface area contributed by atoms with Gasteiger partial charge in [-0.2, -0.15) is 4.31 Å². The van der Waals surface area contributed by atoms with Crippen LogP contribution in [0.15, 0.2) is 46.7 Å². The molecule has 1 saturated heterocycles. The average Bonchev–Trinajstić information content (AvgIpc) is 3.19. The third-order valence-electron chi connectivity index (χ3n) is 4.54. The minimum absolute atomic E-state index is 0.121. The number of piperidine rings is 1. The largest absolute Gasteiger partial charge is 0.492 e. The van der Waals surface area contributed by atoms with Crippen LogP contribution in [0.3, 0.4) is 0 Å².